The van der Waals surface area contributed by atoms with Crippen LogP contribution in [-0.2, 0) is 19.1 Å². The molecular formula is C14H19NO5. The first-order valence-electron chi connectivity index (χ1n) is 6.66. The molecule has 20 heavy (non-hydrogen) atoms. The summed E-state index contributed by atoms with van der Waals surface area (Å²) in [4.78, 5) is 30.4. The summed E-state index contributed by atoms with van der Waals surface area (Å²) in [5.74, 6) is -0.144. The average molecular weight is 281 g/mol. The third-order valence-electron chi connectivity index (χ3n) is 4.06. The third kappa shape index (κ3) is 1.52. The van der Waals surface area contributed by atoms with E-state index in [0.717, 1.165) is 5.06 Å². The maximum absolute atomic E-state index is 12.5. The first-order valence-corrected chi connectivity index (χ1v) is 6.66. The second kappa shape index (κ2) is 3.43. The van der Waals surface area contributed by atoms with Crippen LogP contribution >= 0.6 is 0 Å². The number of carbonyl (C=O) groups is 2. The van der Waals surface area contributed by atoms with Gasteiger partial charge in [-0.05, 0) is 40.7 Å². The number of hydrogen-bond acceptors (Lipinski definition) is 5. The fraction of sp³-hybridized carbons (Fsp3) is 0.714. The standard InChI is InChI=1S/C14H19NO5/c1-11(2,3)19-10(17)15-13(5)7-6-12(4,20-15)9(16)14(13)8-18-14/h6-7H,8H2,1-5H3/t12-,13+,14+/m1/s1. The largest absolute Gasteiger partial charge is 0.442 e. The molecule has 1 amide bonds. The average Bonchev–Trinajstić information content (AvgIpc) is 3.09. The van der Waals surface area contributed by atoms with E-state index in [9.17, 15) is 9.59 Å². The van der Waals surface area contributed by atoms with E-state index in [4.69, 9.17) is 14.3 Å². The number of ether oxygens (including phenoxy) is 2. The lowest BCUT2D eigenvalue weighted by atomic mass is 9.70. The van der Waals surface area contributed by atoms with Gasteiger partial charge in [-0.3, -0.25) is 4.79 Å². The molecule has 3 heterocycles. The number of hydroxylamine groups is 2. The molecular weight excluding hydrogens is 262 g/mol. The Morgan fingerprint density at radius 3 is 2.45 bits per heavy atom. The smallest absolute Gasteiger partial charge is 0.435 e. The number of amides is 1. The van der Waals surface area contributed by atoms with Gasteiger partial charge in [-0.2, -0.15) is 5.06 Å². The van der Waals surface area contributed by atoms with Crippen LogP contribution in [0, 0.1) is 0 Å². The van der Waals surface area contributed by atoms with Crippen molar-refractivity contribution in [2.45, 2.75) is 57.0 Å². The monoisotopic (exact) mass is 281 g/mol. The number of hydrogen-bond donors (Lipinski definition) is 0. The molecule has 0 radical (unpaired) electrons. The maximum Gasteiger partial charge on any atom is 0.435 e. The van der Waals surface area contributed by atoms with Gasteiger partial charge in [-0.1, -0.05) is 6.08 Å². The zero-order chi connectivity index (χ0) is 15.0. The van der Waals surface area contributed by atoms with Crippen LogP contribution in [0.3, 0.4) is 0 Å². The van der Waals surface area contributed by atoms with Crippen LogP contribution in [0.1, 0.15) is 34.6 Å². The number of epoxide rings is 1. The minimum atomic E-state index is -1.18. The summed E-state index contributed by atoms with van der Waals surface area (Å²) in [6.07, 6.45) is 2.87. The first kappa shape index (κ1) is 13.6. The summed E-state index contributed by atoms with van der Waals surface area (Å²) < 4.78 is 10.8. The summed E-state index contributed by atoms with van der Waals surface area (Å²) in [5.41, 5.74) is -3.78. The Hall–Kier alpha value is -1.40. The third-order valence-corrected chi connectivity index (χ3v) is 4.06. The Labute approximate surface area is 117 Å². The van der Waals surface area contributed by atoms with E-state index in [1.165, 1.54) is 0 Å². The predicted octanol–water partition coefficient (Wildman–Crippen LogP) is 1.59. The van der Waals surface area contributed by atoms with Gasteiger partial charge in [-0.25, -0.2) is 9.63 Å². The van der Waals surface area contributed by atoms with Gasteiger partial charge in [0.25, 0.3) is 0 Å². The van der Waals surface area contributed by atoms with E-state index in [1.54, 1.807) is 46.8 Å². The number of carbonyl (C=O) groups excluding carboxylic acids is 2. The van der Waals surface area contributed by atoms with E-state index < -0.39 is 28.4 Å². The molecule has 0 aromatic heterocycles. The highest BCUT2D eigenvalue weighted by Crippen LogP contribution is 2.54. The molecule has 2 fully saturated rings. The van der Waals surface area contributed by atoms with Gasteiger partial charge in [0.1, 0.15) is 11.1 Å². The van der Waals surface area contributed by atoms with Gasteiger partial charge in [0.15, 0.2) is 11.2 Å². The number of nitrogens with zero attached hydrogens (tertiary/aromatic N) is 1. The zero-order valence-electron chi connectivity index (χ0n) is 12.4. The van der Waals surface area contributed by atoms with Crippen molar-refractivity contribution in [3.05, 3.63) is 12.2 Å². The highest BCUT2D eigenvalue weighted by atomic mass is 16.8. The van der Waals surface area contributed by atoms with Crippen molar-refractivity contribution in [1.29, 1.82) is 0 Å². The quantitative estimate of drug-likeness (QED) is 0.498. The van der Waals surface area contributed by atoms with Crippen molar-refractivity contribution in [2.24, 2.45) is 0 Å². The van der Waals surface area contributed by atoms with Gasteiger partial charge >= 0.3 is 6.09 Å². The van der Waals surface area contributed by atoms with Crippen molar-refractivity contribution in [3.63, 3.8) is 0 Å². The summed E-state index contributed by atoms with van der Waals surface area (Å²) in [6.45, 7) is 9.01. The molecule has 3 atom stereocenters. The van der Waals surface area contributed by atoms with Gasteiger partial charge in [-0.15, -0.1) is 0 Å². The Morgan fingerprint density at radius 2 is 1.95 bits per heavy atom. The zero-order valence-corrected chi connectivity index (χ0v) is 12.4. The van der Waals surface area contributed by atoms with Crippen LogP contribution in [0.4, 0.5) is 4.79 Å². The topological polar surface area (TPSA) is 68.4 Å². The van der Waals surface area contributed by atoms with E-state index in [0.29, 0.717) is 6.61 Å². The molecule has 4 aliphatic rings. The molecule has 2 bridgehead atoms. The van der Waals surface area contributed by atoms with Crippen LogP contribution in [0.15, 0.2) is 12.2 Å². The lowest BCUT2D eigenvalue weighted by Crippen LogP contribution is -2.74. The molecule has 1 spiro atoms. The van der Waals surface area contributed by atoms with Crippen molar-refractivity contribution in [2.75, 3.05) is 6.61 Å². The van der Waals surface area contributed by atoms with Crippen LogP contribution in [0.25, 0.3) is 0 Å². The molecule has 0 aromatic rings. The lowest BCUT2D eigenvalue weighted by molar-refractivity contribution is -0.276. The predicted molar refractivity (Wildman–Crippen MR) is 68.8 cm³/mol. The van der Waals surface area contributed by atoms with Crippen LogP contribution in [0.2, 0.25) is 0 Å². The highest BCUT2D eigenvalue weighted by molar-refractivity contribution is 6.03. The van der Waals surface area contributed by atoms with E-state index in [-0.39, 0.29) is 5.78 Å². The molecule has 0 N–H and O–H groups in total. The molecule has 0 unspecified atom stereocenters. The fourth-order valence-corrected chi connectivity index (χ4v) is 2.78. The normalized spacial score (nSPS) is 42.2. The molecule has 0 aromatic carbocycles. The van der Waals surface area contributed by atoms with Gasteiger partial charge in [0.05, 0.1) is 6.61 Å². The SMILES string of the molecule is CC(C)(C)OC(=O)N1O[C@]2(C)C=C[C@@]1(C)[C@]1(CO1)C2=O. The van der Waals surface area contributed by atoms with Crippen molar-refractivity contribution in [3.8, 4) is 0 Å². The van der Waals surface area contributed by atoms with Crippen molar-refractivity contribution >= 4 is 11.9 Å². The summed E-state index contributed by atoms with van der Waals surface area (Å²) in [5, 5.41) is 1.15. The molecule has 2 saturated heterocycles. The van der Waals surface area contributed by atoms with Crippen LogP contribution < -0.4 is 0 Å². The summed E-state index contributed by atoms with van der Waals surface area (Å²) in [6, 6.07) is 0. The second-order valence-electron chi connectivity index (χ2n) is 6.90. The number of fused-ring (bicyclic) bond motifs is 1. The minimum absolute atomic E-state index is 0.144. The van der Waals surface area contributed by atoms with Crippen LogP contribution in [0.5, 0.6) is 0 Å². The molecule has 6 nitrogen and oxygen atoms in total. The Balaban J connectivity index is 1.98. The van der Waals surface area contributed by atoms with Gasteiger partial charge in [0.2, 0.25) is 5.78 Å². The highest BCUT2D eigenvalue weighted by Gasteiger charge is 2.76. The van der Waals surface area contributed by atoms with Gasteiger partial charge < -0.3 is 9.47 Å². The summed E-state index contributed by atoms with van der Waals surface area (Å²) in [7, 11) is 0. The Kier molecular flexibility index (Phi) is 2.33. The Bertz CT molecular complexity index is 530. The van der Waals surface area contributed by atoms with Crippen LogP contribution in [-0.4, -0.2) is 45.9 Å². The van der Waals surface area contributed by atoms with Crippen molar-refractivity contribution in [1.82, 2.24) is 5.06 Å². The number of rotatable bonds is 0. The second-order valence-corrected chi connectivity index (χ2v) is 6.90. The molecule has 1 aliphatic carbocycles. The summed E-state index contributed by atoms with van der Waals surface area (Å²) >= 11 is 0. The lowest BCUT2D eigenvalue weighted by Gasteiger charge is -2.53. The van der Waals surface area contributed by atoms with Crippen molar-refractivity contribution < 1.29 is 23.9 Å². The molecule has 6 heteroatoms. The van der Waals surface area contributed by atoms with E-state index in [2.05, 4.69) is 0 Å². The molecule has 3 aliphatic heterocycles. The van der Waals surface area contributed by atoms with E-state index in [1.807, 2.05) is 0 Å². The number of Topliss-reactive ketones (excluding diaryl/α,β-unsaturated/α-hetero) is 1. The minimum Gasteiger partial charge on any atom is -0.442 e. The molecule has 0 saturated carbocycles. The first-order chi connectivity index (χ1) is 9.04. The fourth-order valence-electron chi connectivity index (χ4n) is 2.78. The Morgan fingerprint density at radius 1 is 1.35 bits per heavy atom. The molecule has 110 valence electrons. The number of ketones is 1. The van der Waals surface area contributed by atoms with E-state index >= 15 is 0 Å². The maximum atomic E-state index is 12.5. The molecule has 4 rings (SSSR count). The van der Waals surface area contributed by atoms with Gasteiger partial charge in [0, 0.05) is 0 Å².